The lowest BCUT2D eigenvalue weighted by atomic mass is 9.90. The Labute approximate surface area is 295 Å². The number of ether oxygens (including phenoxy) is 4. The molecule has 13 nitrogen and oxygen atoms in total. The molecule has 1 aliphatic carbocycles. The molecule has 1 aliphatic heterocycles. The summed E-state index contributed by atoms with van der Waals surface area (Å²) in [7, 11) is 3.08. The number of fused-ring (bicyclic) bond motifs is 1. The van der Waals surface area contributed by atoms with Gasteiger partial charge in [-0.25, -0.2) is 23.9 Å². The van der Waals surface area contributed by atoms with Crippen LogP contribution in [0.25, 0.3) is 10.6 Å². The minimum Gasteiger partial charge on any atom is -0.497 e. The van der Waals surface area contributed by atoms with Crippen LogP contribution in [-0.4, -0.2) is 70.5 Å². The van der Waals surface area contributed by atoms with Gasteiger partial charge in [0, 0.05) is 36.0 Å². The highest BCUT2D eigenvalue weighted by Crippen LogP contribution is 2.40. The van der Waals surface area contributed by atoms with Crippen LogP contribution in [0.1, 0.15) is 88.7 Å². The molecule has 1 saturated carbocycles. The van der Waals surface area contributed by atoms with Crippen LogP contribution < -0.4 is 25.4 Å². The first kappa shape index (κ1) is 36.6. The second kappa shape index (κ2) is 14.7. The number of rotatable bonds is 9. The summed E-state index contributed by atoms with van der Waals surface area (Å²) in [6.45, 7) is 10.7. The standard InChI is InChI=1S/C35H45FN6O7S/c1-34(2,3)48-32(44)39-23-12-10-9-11-22(23)38-29-27(36)21-18-42(17-19-13-14-20(46-7)15-24(19)47-8)30(43)26(21)28(40-29)25-16-37-31(50-25)41-33(45)49-35(4,5)6/h13-16,22-23H,9-12,17-18H2,1-8H3,(H,38,40)(H,39,44)(H,37,41,45)/t22-,23+/m1/s1. The number of carbonyl (C=O) groups is 3. The molecule has 50 heavy (non-hydrogen) atoms. The van der Waals surface area contributed by atoms with Gasteiger partial charge >= 0.3 is 12.2 Å². The van der Waals surface area contributed by atoms with Gasteiger partial charge in [-0.1, -0.05) is 24.2 Å². The monoisotopic (exact) mass is 712 g/mol. The molecular formula is C35H45FN6O7S. The van der Waals surface area contributed by atoms with Crippen molar-refractivity contribution in [3.63, 3.8) is 0 Å². The maximum atomic E-state index is 16.6. The van der Waals surface area contributed by atoms with Crippen LogP contribution in [-0.2, 0) is 22.6 Å². The number of alkyl carbamates (subject to hydrolysis) is 1. The second-order valence-corrected chi connectivity index (χ2v) is 15.3. The number of methoxy groups -OCH3 is 2. The van der Waals surface area contributed by atoms with Gasteiger partial charge in [-0.15, -0.1) is 0 Å². The fraction of sp³-hybridized carbons (Fsp3) is 0.514. The maximum absolute atomic E-state index is 16.6. The fourth-order valence-corrected chi connectivity index (χ4v) is 6.74. The highest BCUT2D eigenvalue weighted by atomic mass is 32.1. The molecule has 1 fully saturated rings. The van der Waals surface area contributed by atoms with Crippen LogP contribution in [0.15, 0.2) is 24.4 Å². The van der Waals surface area contributed by atoms with Crippen LogP contribution in [0.5, 0.6) is 11.5 Å². The quantitative estimate of drug-likeness (QED) is 0.209. The van der Waals surface area contributed by atoms with E-state index in [1.165, 1.54) is 18.2 Å². The number of nitrogens with one attached hydrogen (secondary N) is 3. The molecule has 3 N–H and O–H groups in total. The van der Waals surface area contributed by atoms with Crippen molar-refractivity contribution >= 4 is 40.4 Å². The van der Waals surface area contributed by atoms with E-state index in [-0.39, 0.29) is 52.9 Å². The van der Waals surface area contributed by atoms with Crippen LogP contribution in [0.4, 0.5) is 24.9 Å². The molecule has 3 amide bonds. The van der Waals surface area contributed by atoms with Gasteiger partial charge in [0.25, 0.3) is 5.91 Å². The Morgan fingerprint density at radius 3 is 2.34 bits per heavy atom. The fourth-order valence-electron chi connectivity index (χ4n) is 5.94. The van der Waals surface area contributed by atoms with Crippen molar-refractivity contribution in [1.29, 1.82) is 0 Å². The summed E-state index contributed by atoms with van der Waals surface area (Å²) in [4.78, 5) is 50.2. The maximum Gasteiger partial charge on any atom is 0.413 e. The van der Waals surface area contributed by atoms with E-state index in [0.29, 0.717) is 34.8 Å². The average Bonchev–Trinajstić information content (AvgIpc) is 3.62. The van der Waals surface area contributed by atoms with Crippen molar-refractivity contribution in [2.75, 3.05) is 24.9 Å². The molecule has 0 saturated heterocycles. The van der Waals surface area contributed by atoms with Gasteiger partial charge in [-0.3, -0.25) is 10.1 Å². The molecule has 270 valence electrons. The first-order chi connectivity index (χ1) is 23.5. The smallest absolute Gasteiger partial charge is 0.413 e. The SMILES string of the molecule is COc1ccc(CN2Cc3c(F)c(N[C@@H]4CCCC[C@@H]4NC(=O)OC(C)(C)C)nc(-c4cnc(NC(=O)OC(C)(C)C)s4)c3C2=O)c(OC)c1. The van der Waals surface area contributed by atoms with E-state index in [1.54, 1.807) is 66.9 Å². The summed E-state index contributed by atoms with van der Waals surface area (Å²) in [5.74, 6) is 0.00403. The molecule has 3 aromatic rings. The van der Waals surface area contributed by atoms with Crippen molar-refractivity contribution in [3.05, 3.63) is 46.9 Å². The highest BCUT2D eigenvalue weighted by molar-refractivity contribution is 7.19. The van der Waals surface area contributed by atoms with Gasteiger partial charge in [-0.2, -0.15) is 0 Å². The van der Waals surface area contributed by atoms with E-state index >= 15 is 4.39 Å². The number of aromatic nitrogens is 2. The van der Waals surface area contributed by atoms with Crippen molar-refractivity contribution < 1.29 is 37.7 Å². The van der Waals surface area contributed by atoms with Crippen LogP contribution in [0.3, 0.4) is 0 Å². The molecule has 0 unspecified atom stereocenters. The Hall–Kier alpha value is -4.66. The van der Waals surface area contributed by atoms with Crippen LogP contribution in [0, 0.1) is 5.82 Å². The highest BCUT2D eigenvalue weighted by Gasteiger charge is 2.38. The topological polar surface area (TPSA) is 153 Å². The van der Waals surface area contributed by atoms with Gasteiger partial charge in [0.2, 0.25) is 0 Å². The first-order valence-corrected chi connectivity index (χ1v) is 17.3. The van der Waals surface area contributed by atoms with E-state index < -0.39 is 35.1 Å². The first-order valence-electron chi connectivity index (χ1n) is 16.5. The largest absolute Gasteiger partial charge is 0.497 e. The Balaban J connectivity index is 1.50. The predicted molar refractivity (Wildman–Crippen MR) is 187 cm³/mol. The minimum absolute atomic E-state index is 0.0224. The molecule has 2 aromatic heterocycles. The van der Waals surface area contributed by atoms with Crippen molar-refractivity contribution in [2.24, 2.45) is 0 Å². The Morgan fingerprint density at radius 1 is 1.00 bits per heavy atom. The number of hydrogen-bond donors (Lipinski definition) is 3. The van der Waals surface area contributed by atoms with E-state index in [2.05, 4.69) is 25.9 Å². The van der Waals surface area contributed by atoms with Crippen LogP contribution in [0.2, 0.25) is 0 Å². The number of carbonyl (C=O) groups excluding carboxylic acids is 3. The number of anilines is 2. The van der Waals surface area contributed by atoms with E-state index in [1.807, 2.05) is 0 Å². The molecular weight excluding hydrogens is 667 g/mol. The zero-order valence-electron chi connectivity index (χ0n) is 29.7. The normalized spacial score (nSPS) is 17.5. The number of thiazole rings is 1. The Bertz CT molecular complexity index is 1750. The summed E-state index contributed by atoms with van der Waals surface area (Å²) in [5.41, 5.74) is -0.174. The van der Waals surface area contributed by atoms with Gasteiger partial charge in [0.15, 0.2) is 16.8 Å². The van der Waals surface area contributed by atoms with Gasteiger partial charge < -0.3 is 34.5 Å². The lowest BCUT2D eigenvalue weighted by molar-refractivity contribution is 0.0487. The molecule has 15 heteroatoms. The summed E-state index contributed by atoms with van der Waals surface area (Å²) < 4.78 is 38.3. The van der Waals surface area contributed by atoms with Gasteiger partial charge in [0.1, 0.15) is 22.7 Å². The van der Waals surface area contributed by atoms with Crippen molar-refractivity contribution in [1.82, 2.24) is 20.2 Å². The molecule has 3 heterocycles. The number of pyridine rings is 1. The molecule has 2 aliphatic rings. The van der Waals surface area contributed by atoms with E-state index in [9.17, 15) is 14.4 Å². The van der Waals surface area contributed by atoms with Gasteiger partial charge in [-0.05, 0) is 66.5 Å². The summed E-state index contributed by atoms with van der Waals surface area (Å²) >= 11 is 1.08. The third kappa shape index (κ3) is 8.73. The Kier molecular flexibility index (Phi) is 10.7. The number of amides is 3. The zero-order chi connectivity index (χ0) is 36.4. The second-order valence-electron chi connectivity index (χ2n) is 14.3. The molecule has 1 aromatic carbocycles. The lowest BCUT2D eigenvalue weighted by Gasteiger charge is -2.34. The summed E-state index contributed by atoms with van der Waals surface area (Å²) in [5, 5.41) is 9.05. The van der Waals surface area contributed by atoms with Gasteiger partial charge in [0.05, 0.1) is 42.9 Å². The van der Waals surface area contributed by atoms with Crippen molar-refractivity contribution in [2.45, 2.75) is 104 Å². The Morgan fingerprint density at radius 2 is 1.68 bits per heavy atom. The number of benzene rings is 1. The number of halogens is 1. The molecule has 2 atom stereocenters. The van der Waals surface area contributed by atoms with E-state index in [0.717, 1.165) is 24.2 Å². The minimum atomic E-state index is -0.720. The third-order valence-corrected chi connectivity index (χ3v) is 9.00. The average molecular weight is 713 g/mol. The number of nitrogens with zero attached hydrogens (tertiary/aromatic N) is 3. The zero-order valence-corrected chi connectivity index (χ0v) is 30.5. The summed E-state index contributed by atoms with van der Waals surface area (Å²) in [6.07, 6.45) is 3.32. The molecule has 0 bridgehead atoms. The number of hydrogen-bond acceptors (Lipinski definition) is 11. The van der Waals surface area contributed by atoms with Crippen molar-refractivity contribution in [3.8, 4) is 22.1 Å². The molecule has 5 rings (SSSR count). The lowest BCUT2D eigenvalue weighted by Crippen LogP contribution is -2.50. The third-order valence-electron chi connectivity index (χ3n) is 8.08. The van der Waals surface area contributed by atoms with Crippen LogP contribution >= 0.6 is 11.3 Å². The molecule has 0 spiro atoms. The predicted octanol–water partition coefficient (Wildman–Crippen LogP) is 7.11. The molecule has 0 radical (unpaired) electrons. The summed E-state index contributed by atoms with van der Waals surface area (Å²) in [6, 6.07) is 4.59. The van der Waals surface area contributed by atoms with E-state index in [4.69, 9.17) is 18.9 Å².